The second-order valence-corrected chi connectivity index (χ2v) is 10.8. The van der Waals surface area contributed by atoms with E-state index in [2.05, 4.69) is 45.5 Å². The Kier molecular flexibility index (Phi) is 4.28. The van der Waals surface area contributed by atoms with Crippen LogP contribution in [0.2, 0.25) is 5.02 Å². The fourth-order valence-electron chi connectivity index (χ4n) is 5.71. The first kappa shape index (κ1) is 21.0. The van der Waals surface area contributed by atoms with Crippen LogP contribution in [0.1, 0.15) is 29.9 Å². The van der Waals surface area contributed by atoms with Gasteiger partial charge in [-0.05, 0) is 43.5 Å². The molecule has 2 saturated heterocycles. The number of aryl methyl sites for hydroxylation is 1. The van der Waals surface area contributed by atoms with E-state index in [0.29, 0.717) is 29.8 Å². The summed E-state index contributed by atoms with van der Waals surface area (Å²) in [7, 11) is 0. The molecule has 178 valence electrons. The molecule has 1 spiro atoms. The van der Waals surface area contributed by atoms with Gasteiger partial charge in [-0.3, -0.25) is 9.47 Å². The van der Waals surface area contributed by atoms with E-state index >= 15 is 0 Å². The van der Waals surface area contributed by atoms with Crippen LogP contribution in [0, 0.1) is 29.5 Å². The maximum Gasteiger partial charge on any atom is 0.231 e. The third kappa shape index (κ3) is 3.15. The van der Waals surface area contributed by atoms with E-state index in [1.165, 1.54) is 6.20 Å². The van der Waals surface area contributed by atoms with Gasteiger partial charge < -0.3 is 9.80 Å². The molecular formula is C24H23ClFN9. The highest BCUT2D eigenvalue weighted by Gasteiger charge is 2.54. The van der Waals surface area contributed by atoms with E-state index in [4.69, 9.17) is 11.6 Å². The van der Waals surface area contributed by atoms with Crippen molar-refractivity contribution in [3.63, 3.8) is 0 Å². The number of fused-ring (bicyclic) bond motifs is 3. The van der Waals surface area contributed by atoms with Gasteiger partial charge in [0.25, 0.3) is 0 Å². The average molecular weight is 492 g/mol. The van der Waals surface area contributed by atoms with Gasteiger partial charge in [0.05, 0.1) is 30.2 Å². The third-order valence-electron chi connectivity index (χ3n) is 7.80. The molecule has 1 aliphatic carbocycles. The molecule has 4 aliphatic rings. The van der Waals surface area contributed by atoms with Crippen molar-refractivity contribution in [1.82, 2.24) is 29.6 Å². The number of hydrogen-bond donors (Lipinski definition) is 0. The summed E-state index contributed by atoms with van der Waals surface area (Å²) in [5.41, 5.74) is 2.20. The molecule has 9 nitrogen and oxygen atoms in total. The maximum atomic E-state index is 13.5. The molecule has 5 heterocycles. The first-order chi connectivity index (χ1) is 16.9. The van der Waals surface area contributed by atoms with Gasteiger partial charge in [-0.15, -0.1) is 10.2 Å². The minimum atomic E-state index is -0.419. The summed E-state index contributed by atoms with van der Waals surface area (Å²) in [4.78, 5) is 15.0. The van der Waals surface area contributed by atoms with Crippen molar-refractivity contribution in [3.8, 4) is 11.8 Å². The Balaban J connectivity index is 1.15. The van der Waals surface area contributed by atoms with Crippen molar-refractivity contribution < 1.29 is 4.39 Å². The highest BCUT2D eigenvalue weighted by molar-refractivity contribution is 6.30. The van der Waals surface area contributed by atoms with Crippen LogP contribution < -0.4 is 9.80 Å². The van der Waals surface area contributed by atoms with Crippen LogP contribution in [0.5, 0.6) is 0 Å². The van der Waals surface area contributed by atoms with Crippen LogP contribution in [0.25, 0.3) is 5.69 Å². The lowest BCUT2D eigenvalue weighted by Crippen LogP contribution is -2.73. The molecule has 0 atom stereocenters. The molecule has 0 bridgehead atoms. The van der Waals surface area contributed by atoms with Crippen molar-refractivity contribution in [2.24, 2.45) is 5.41 Å². The Bertz CT molecular complexity index is 1390. The zero-order chi connectivity index (χ0) is 23.9. The number of hydrogen-bond acceptors (Lipinski definition) is 8. The molecule has 1 aromatic carbocycles. The highest BCUT2D eigenvalue weighted by atomic mass is 35.5. The minimum absolute atomic E-state index is 0.149. The third-order valence-corrected chi connectivity index (χ3v) is 8.04. The Hall–Kier alpha value is -3.29. The van der Waals surface area contributed by atoms with Crippen LogP contribution in [0.3, 0.4) is 0 Å². The van der Waals surface area contributed by atoms with Crippen LogP contribution in [-0.4, -0.2) is 61.4 Å². The van der Waals surface area contributed by atoms with Crippen molar-refractivity contribution in [1.29, 1.82) is 5.26 Å². The second-order valence-electron chi connectivity index (χ2n) is 10.3. The molecule has 3 aliphatic heterocycles. The van der Waals surface area contributed by atoms with E-state index in [0.717, 1.165) is 62.0 Å². The number of rotatable bonds is 3. The first-order valence-corrected chi connectivity index (χ1v) is 12.1. The van der Waals surface area contributed by atoms with Crippen molar-refractivity contribution in [3.05, 3.63) is 52.3 Å². The fraction of sp³-hybridized carbons (Fsp3) is 0.458. The van der Waals surface area contributed by atoms with Gasteiger partial charge in [0, 0.05) is 43.2 Å². The summed E-state index contributed by atoms with van der Waals surface area (Å²) >= 11 is 6.36. The lowest BCUT2D eigenvalue weighted by atomic mass is 9.73. The average Bonchev–Trinajstić information content (AvgIpc) is 3.52. The standard InChI is InChI=1S/C24H23ClFN9/c1-15-18(26)7-28-21(29-15)32-11-23(12-32)13-33(14-23)22-31-30-20-9-34(24(10-27)4-5-24)8-16-6-17(25)2-3-19(16)35(20)22/h2-3,6-7H,4-5,8-9,11-14H2,1H3. The van der Waals surface area contributed by atoms with Crippen LogP contribution in [0.4, 0.5) is 16.3 Å². The van der Waals surface area contributed by atoms with Gasteiger partial charge in [-0.1, -0.05) is 11.6 Å². The Labute approximate surface area is 206 Å². The summed E-state index contributed by atoms with van der Waals surface area (Å²) in [6.45, 7) is 6.27. The number of aromatic nitrogens is 5. The van der Waals surface area contributed by atoms with E-state index in [1.807, 2.05) is 18.2 Å². The van der Waals surface area contributed by atoms with Crippen molar-refractivity contribution in [2.75, 3.05) is 36.0 Å². The molecule has 7 rings (SSSR count). The molecule has 0 unspecified atom stereocenters. The zero-order valence-electron chi connectivity index (χ0n) is 19.2. The maximum absolute atomic E-state index is 13.5. The lowest BCUT2D eigenvalue weighted by molar-refractivity contribution is 0.152. The molecule has 0 N–H and O–H groups in total. The van der Waals surface area contributed by atoms with E-state index in [-0.39, 0.29) is 11.2 Å². The van der Waals surface area contributed by atoms with Crippen LogP contribution >= 0.6 is 11.6 Å². The smallest absolute Gasteiger partial charge is 0.231 e. The van der Waals surface area contributed by atoms with Gasteiger partial charge in [0.2, 0.25) is 11.9 Å². The van der Waals surface area contributed by atoms with Crippen molar-refractivity contribution >= 4 is 23.5 Å². The Morgan fingerprint density at radius 1 is 1.09 bits per heavy atom. The molecule has 11 heteroatoms. The summed E-state index contributed by atoms with van der Waals surface area (Å²) in [5, 5.41) is 19.6. The number of nitrogens with zero attached hydrogens (tertiary/aromatic N) is 9. The molecule has 1 saturated carbocycles. The number of nitriles is 1. The fourth-order valence-corrected chi connectivity index (χ4v) is 5.91. The summed E-state index contributed by atoms with van der Waals surface area (Å²) < 4.78 is 15.7. The largest absolute Gasteiger partial charge is 0.339 e. The quantitative estimate of drug-likeness (QED) is 0.552. The summed E-state index contributed by atoms with van der Waals surface area (Å²) in [6, 6.07) is 8.43. The Morgan fingerprint density at radius 3 is 2.57 bits per heavy atom. The second kappa shape index (κ2) is 7.12. The molecule has 0 amide bonds. The van der Waals surface area contributed by atoms with Crippen LogP contribution in [-0.2, 0) is 13.1 Å². The summed E-state index contributed by atoms with van der Waals surface area (Å²) in [6.07, 6.45) is 3.00. The van der Waals surface area contributed by atoms with Crippen molar-refractivity contribution in [2.45, 2.75) is 38.4 Å². The zero-order valence-corrected chi connectivity index (χ0v) is 20.0. The molecule has 2 aromatic heterocycles. The number of benzene rings is 1. The predicted molar refractivity (Wildman–Crippen MR) is 127 cm³/mol. The van der Waals surface area contributed by atoms with Gasteiger partial charge in [-0.25, -0.2) is 14.4 Å². The van der Waals surface area contributed by atoms with Gasteiger partial charge >= 0.3 is 0 Å². The number of anilines is 2. The minimum Gasteiger partial charge on any atom is -0.339 e. The van der Waals surface area contributed by atoms with Gasteiger partial charge in [0.15, 0.2) is 11.6 Å². The molecule has 35 heavy (non-hydrogen) atoms. The topological polar surface area (TPSA) is 90.0 Å². The van der Waals surface area contributed by atoms with E-state index < -0.39 is 5.54 Å². The number of halogens is 2. The predicted octanol–water partition coefficient (Wildman–Crippen LogP) is 2.86. The first-order valence-electron chi connectivity index (χ1n) is 11.8. The SMILES string of the molecule is Cc1nc(N2CC3(C2)CN(c2nnc4n2-c2ccc(Cl)cc2CN(C2(C#N)CC2)C4)C3)ncc1F. The van der Waals surface area contributed by atoms with Gasteiger partial charge in [-0.2, -0.15) is 5.26 Å². The van der Waals surface area contributed by atoms with Crippen LogP contribution in [0.15, 0.2) is 24.4 Å². The van der Waals surface area contributed by atoms with Gasteiger partial charge in [0.1, 0.15) is 5.54 Å². The molecule has 0 radical (unpaired) electrons. The monoisotopic (exact) mass is 491 g/mol. The molecule has 3 fully saturated rings. The van der Waals surface area contributed by atoms with E-state index in [9.17, 15) is 9.65 Å². The highest BCUT2D eigenvalue weighted by Crippen LogP contribution is 2.46. The van der Waals surface area contributed by atoms with E-state index in [1.54, 1.807) is 6.92 Å². The lowest BCUT2D eigenvalue weighted by Gasteiger charge is -2.60. The molecule has 3 aromatic rings. The summed E-state index contributed by atoms with van der Waals surface area (Å²) in [5.74, 6) is 1.87. The molecular weight excluding hydrogens is 469 g/mol. The Morgan fingerprint density at radius 2 is 1.86 bits per heavy atom. The normalized spacial score (nSPS) is 21.4.